The van der Waals surface area contributed by atoms with Crippen LogP contribution in [-0.4, -0.2) is 6.61 Å². The molecule has 0 saturated heterocycles. The average Bonchev–Trinajstić information content (AvgIpc) is 3.00. The molecule has 1 nitrogen and oxygen atoms in total. The topological polar surface area (TPSA) is 9.23 Å². The van der Waals surface area contributed by atoms with E-state index in [1.54, 1.807) is 12.1 Å². The minimum Gasteiger partial charge on any atom is -0.435 e. The molecule has 0 spiro atoms. The summed E-state index contributed by atoms with van der Waals surface area (Å²) in [6.07, 6.45) is 2.33. The fraction of sp³-hybridized carbons (Fsp3) is 0.455. The van der Waals surface area contributed by atoms with Crippen LogP contribution >= 0.6 is 11.6 Å². The first kappa shape index (κ1) is 10.7. The van der Waals surface area contributed by atoms with Gasteiger partial charge in [0.05, 0.1) is 0 Å². The lowest BCUT2D eigenvalue weighted by molar-refractivity contribution is -0.0498. The third-order valence-electron chi connectivity index (χ3n) is 2.50. The standard InChI is InChI=1S/C11H11ClF2O/c12-6-8-5-9(15-11(13)14)3-4-10(8)7-1-2-7/h3-5,7,11H,1-2,6H2. The molecule has 0 bridgehead atoms. The molecule has 2 rings (SSSR count). The molecule has 0 heterocycles. The first-order valence-corrected chi connectivity index (χ1v) is 5.37. The molecule has 0 atom stereocenters. The highest BCUT2D eigenvalue weighted by Gasteiger charge is 2.25. The van der Waals surface area contributed by atoms with Crippen molar-refractivity contribution in [1.29, 1.82) is 0 Å². The van der Waals surface area contributed by atoms with E-state index in [4.69, 9.17) is 11.6 Å². The van der Waals surface area contributed by atoms with E-state index in [0.29, 0.717) is 11.8 Å². The highest BCUT2D eigenvalue weighted by atomic mass is 35.5. The highest BCUT2D eigenvalue weighted by molar-refractivity contribution is 6.17. The fourth-order valence-corrected chi connectivity index (χ4v) is 1.90. The predicted octanol–water partition coefficient (Wildman–Crippen LogP) is 3.90. The maximum absolute atomic E-state index is 12.0. The molecule has 4 heteroatoms. The van der Waals surface area contributed by atoms with Gasteiger partial charge in [-0.05, 0) is 42.0 Å². The molecule has 1 fully saturated rings. The van der Waals surface area contributed by atoms with Gasteiger partial charge in [0.15, 0.2) is 0 Å². The summed E-state index contributed by atoms with van der Waals surface area (Å²) >= 11 is 5.77. The number of benzene rings is 1. The molecule has 15 heavy (non-hydrogen) atoms. The fourth-order valence-electron chi connectivity index (χ4n) is 1.67. The maximum atomic E-state index is 12.0. The average molecular weight is 233 g/mol. The minimum atomic E-state index is -2.78. The van der Waals surface area contributed by atoms with E-state index in [2.05, 4.69) is 4.74 Å². The smallest absolute Gasteiger partial charge is 0.387 e. The SMILES string of the molecule is FC(F)Oc1ccc(C2CC2)c(CCl)c1. The second kappa shape index (κ2) is 4.35. The van der Waals surface area contributed by atoms with E-state index in [9.17, 15) is 8.78 Å². The van der Waals surface area contributed by atoms with Gasteiger partial charge in [-0.3, -0.25) is 0 Å². The van der Waals surface area contributed by atoms with Gasteiger partial charge in [-0.1, -0.05) is 6.07 Å². The van der Waals surface area contributed by atoms with Gasteiger partial charge in [0.1, 0.15) is 5.75 Å². The van der Waals surface area contributed by atoms with Crippen molar-refractivity contribution in [3.8, 4) is 5.75 Å². The zero-order chi connectivity index (χ0) is 10.8. The molecule has 1 aromatic rings. The first-order chi connectivity index (χ1) is 7.20. The van der Waals surface area contributed by atoms with Crippen LogP contribution in [0, 0.1) is 0 Å². The van der Waals surface area contributed by atoms with Crippen LogP contribution in [0.1, 0.15) is 29.9 Å². The molecule has 0 amide bonds. The third-order valence-corrected chi connectivity index (χ3v) is 2.79. The Bertz CT molecular complexity index is 350. The maximum Gasteiger partial charge on any atom is 0.387 e. The van der Waals surface area contributed by atoms with Crippen molar-refractivity contribution in [1.82, 2.24) is 0 Å². The van der Waals surface area contributed by atoms with Crippen LogP contribution in [-0.2, 0) is 5.88 Å². The summed E-state index contributed by atoms with van der Waals surface area (Å²) in [4.78, 5) is 0. The number of hydrogen-bond donors (Lipinski definition) is 0. The summed E-state index contributed by atoms with van der Waals surface area (Å²) in [6, 6.07) is 5.02. The molecule has 1 aromatic carbocycles. The number of ether oxygens (including phenoxy) is 1. The van der Waals surface area contributed by atoms with Crippen LogP contribution in [0.4, 0.5) is 8.78 Å². The second-order valence-electron chi connectivity index (χ2n) is 3.65. The molecule has 1 aliphatic carbocycles. The molecule has 0 unspecified atom stereocenters. The van der Waals surface area contributed by atoms with Gasteiger partial charge in [0.2, 0.25) is 0 Å². The zero-order valence-electron chi connectivity index (χ0n) is 8.05. The molecule has 1 saturated carbocycles. The summed E-state index contributed by atoms with van der Waals surface area (Å²) in [5, 5.41) is 0. The van der Waals surface area contributed by atoms with Crippen molar-refractivity contribution >= 4 is 11.6 Å². The Morgan fingerprint density at radius 3 is 2.67 bits per heavy atom. The summed E-state index contributed by atoms with van der Waals surface area (Å²) in [7, 11) is 0. The van der Waals surface area contributed by atoms with Crippen LogP contribution in [0.3, 0.4) is 0 Å². The monoisotopic (exact) mass is 232 g/mol. The summed E-state index contributed by atoms with van der Waals surface area (Å²) < 4.78 is 28.3. The molecular weight excluding hydrogens is 222 g/mol. The molecule has 0 aromatic heterocycles. The summed E-state index contributed by atoms with van der Waals surface area (Å²) in [6.45, 7) is -2.78. The third kappa shape index (κ3) is 2.59. The quantitative estimate of drug-likeness (QED) is 0.716. The van der Waals surface area contributed by atoms with Crippen LogP contribution in [0.15, 0.2) is 18.2 Å². The van der Waals surface area contributed by atoms with Gasteiger partial charge in [0.25, 0.3) is 0 Å². The van der Waals surface area contributed by atoms with Crippen molar-refractivity contribution in [2.75, 3.05) is 0 Å². The van der Waals surface area contributed by atoms with E-state index in [-0.39, 0.29) is 5.75 Å². The van der Waals surface area contributed by atoms with E-state index in [0.717, 1.165) is 5.56 Å². The highest BCUT2D eigenvalue weighted by Crippen LogP contribution is 2.42. The van der Waals surface area contributed by atoms with Gasteiger partial charge in [-0.2, -0.15) is 8.78 Å². The van der Waals surface area contributed by atoms with Gasteiger partial charge in [-0.15, -0.1) is 11.6 Å². The molecule has 0 N–H and O–H groups in total. The van der Waals surface area contributed by atoms with E-state index in [1.165, 1.54) is 18.4 Å². The number of rotatable bonds is 4. The predicted molar refractivity (Wildman–Crippen MR) is 54.6 cm³/mol. The number of alkyl halides is 3. The van der Waals surface area contributed by atoms with Crippen LogP contribution < -0.4 is 4.74 Å². The Kier molecular flexibility index (Phi) is 3.10. The Hall–Kier alpha value is -0.830. The van der Waals surface area contributed by atoms with Crippen molar-refractivity contribution in [2.45, 2.75) is 31.3 Å². The summed E-state index contributed by atoms with van der Waals surface area (Å²) in [5.41, 5.74) is 2.07. The van der Waals surface area contributed by atoms with Crippen molar-refractivity contribution in [3.63, 3.8) is 0 Å². The van der Waals surface area contributed by atoms with Crippen molar-refractivity contribution in [3.05, 3.63) is 29.3 Å². The molecule has 0 aliphatic heterocycles. The molecular formula is C11H11ClF2O. The lowest BCUT2D eigenvalue weighted by atomic mass is 10.0. The lowest BCUT2D eigenvalue weighted by Crippen LogP contribution is -2.02. The number of halogens is 3. The van der Waals surface area contributed by atoms with E-state index < -0.39 is 6.61 Å². The van der Waals surface area contributed by atoms with Crippen LogP contribution in [0.2, 0.25) is 0 Å². The van der Waals surface area contributed by atoms with Crippen molar-refractivity contribution < 1.29 is 13.5 Å². The van der Waals surface area contributed by atoms with E-state index in [1.807, 2.05) is 6.07 Å². The summed E-state index contributed by atoms with van der Waals surface area (Å²) in [5.74, 6) is 1.09. The Labute approximate surface area is 92.0 Å². The largest absolute Gasteiger partial charge is 0.435 e. The van der Waals surface area contributed by atoms with Gasteiger partial charge >= 0.3 is 6.61 Å². The lowest BCUT2D eigenvalue weighted by Gasteiger charge is -2.09. The van der Waals surface area contributed by atoms with Gasteiger partial charge in [-0.25, -0.2) is 0 Å². The molecule has 1 aliphatic rings. The second-order valence-corrected chi connectivity index (χ2v) is 3.91. The van der Waals surface area contributed by atoms with Crippen LogP contribution in [0.5, 0.6) is 5.75 Å². The Balaban J connectivity index is 2.21. The minimum absolute atomic E-state index is 0.185. The van der Waals surface area contributed by atoms with E-state index >= 15 is 0 Å². The molecule has 82 valence electrons. The van der Waals surface area contributed by atoms with Gasteiger partial charge in [0, 0.05) is 5.88 Å². The first-order valence-electron chi connectivity index (χ1n) is 4.84. The Morgan fingerprint density at radius 2 is 2.13 bits per heavy atom. The Morgan fingerprint density at radius 1 is 1.40 bits per heavy atom. The van der Waals surface area contributed by atoms with Crippen LogP contribution in [0.25, 0.3) is 0 Å². The van der Waals surface area contributed by atoms with Crippen molar-refractivity contribution in [2.24, 2.45) is 0 Å². The molecule has 0 radical (unpaired) electrons. The zero-order valence-corrected chi connectivity index (χ0v) is 8.81. The number of hydrogen-bond acceptors (Lipinski definition) is 1. The van der Waals surface area contributed by atoms with Gasteiger partial charge < -0.3 is 4.74 Å². The normalized spacial score (nSPS) is 15.7.